The Kier molecular flexibility index (Phi) is 6.61. The third-order valence-electron chi connectivity index (χ3n) is 4.52. The lowest BCUT2D eigenvalue weighted by atomic mass is 10.2. The average molecular weight is 473 g/mol. The highest BCUT2D eigenvalue weighted by molar-refractivity contribution is 7.99. The Morgan fingerprint density at radius 2 is 1.88 bits per heavy atom. The maximum Gasteiger partial charge on any atom is 0.288 e. The molecule has 0 atom stereocenters. The molecular weight excluding hydrogens is 454 g/mol. The number of hydrogen-bond acceptors (Lipinski definition) is 6. The van der Waals surface area contributed by atoms with Crippen molar-refractivity contribution in [1.29, 1.82) is 0 Å². The number of thiazole rings is 1. The molecule has 2 aromatic carbocycles. The van der Waals surface area contributed by atoms with E-state index >= 15 is 0 Å². The minimum Gasteiger partial charge on any atom is -0.268 e. The summed E-state index contributed by atoms with van der Waals surface area (Å²) in [5.74, 6) is -3.00. The van der Waals surface area contributed by atoms with Crippen LogP contribution in [0.25, 0.3) is 10.2 Å². The number of carbonyl (C=O) groups excluding carboxylic acids is 1. The third kappa shape index (κ3) is 4.71. The Hall–Kier alpha value is -3.11. The van der Waals surface area contributed by atoms with Gasteiger partial charge in [-0.15, -0.1) is 0 Å². The maximum absolute atomic E-state index is 13.5. The second kappa shape index (κ2) is 9.58. The molecule has 0 N–H and O–H groups in total. The number of para-hydroxylation sites is 1. The van der Waals surface area contributed by atoms with Crippen LogP contribution in [0.3, 0.4) is 0 Å². The summed E-state index contributed by atoms with van der Waals surface area (Å²) in [5.41, 5.74) is 0.994. The molecule has 0 saturated heterocycles. The zero-order valence-electron chi connectivity index (χ0n) is 16.9. The first-order valence-electron chi connectivity index (χ1n) is 9.79. The first kappa shape index (κ1) is 22.1. The molecule has 0 radical (unpaired) electrons. The summed E-state index contributed by atoms with van der Waals surface area (Å²) < 4.78 is 27.6. The van der Waals surface area contributed by atoms with Crippen LogP contribution in [-0.2, 0) is 6.54 Å². The molecule has 2 aromatic heterocycles. The summed E-state index contributed by atoms with van der Waals surface area (Å²) in [6.45, 7) is 2.30. The molecule has 6 nitrogen and oxygen atoms in total. The van der Waals surface area contributed by atoms with Gasteiger partial charge in [-0.1, -0.05) is 42.2 Å². The lowest BCUT2D eigenvalue weighted by Crippen LogP contribution is -2.30. The molecule has 32 heavy (non-hydrogen) atoms. The number of fused-ring (bicyclic) bond motifs is 1. The van der Waals surface area contributed by atoms with Crippen molar-refractivity contribution in [2.45, 2.75) is 30.5 Å². The largest absolute Gasteiger partial charge is 0.288 e. The van der Waals surface area contributed by atoms with E-state index in [0.29, 0.717) is 40.4 Å². The van der Waals surface area contributed by atoms with Crippen molar-refractivity contribution >= 4 is 50.0 Å². The van der Waals surface area contributed by atoms with Gasteiger partial charge in [-0.3, -0.25) is 14.5 Å². The van der Waals surface area contributed by atoms with E-state index in [1.807, 2.05) is 31.2 Å². The average Bonchev–Trinajstić information content (AvgIpc) is 3.20. The fourth-order valence-corrected chi connectivity index (χ4v) is 4.58. The number of carbonyl (C=O) groups is 1. The lowest BCUT2D eigenvalue weighted by molar-refractivity contribution is 0.0992. The van der Waals surface area contributed by atoms with Gasteiger partial charge in [-0.2, -0.15) is 13.9 Å². The number of thioether (sulfide) groups is 1. The van der Waals surface area contributed by atoms with Gasteiger partial charge in [-0.25, -0.2) is 9.67 Å². The van der Waals surface area contributed by atoms with Crippen molar-refractivity contribution in [3.05, 3.63) is 76.7 Å². The van der Waals surface area contributed by atoms with Gasteiger partial charge >= 0.3 is 0 Å². The Balaban J connectivity index is 1.79. The van der Waals surface area contributed by atoms with Gasteiger partial charge in [0.05, 0.1) is 15.9 Å². The first-order valence-corrected chi connectivity index (χ1v) is 11.5. The molecule has 4 aromatic rings. The van der Waals surface area contributed by atoms with Gasteiger partial charge in [0.2, 0.25) is 0 Å². The van der Waals surface area contributed by atoms with Crippen LogP contribution in [0.15, 0.2) is 70.4 Å². The van der Waals surface area contributed by atoms with Crippen LogP contribution in [-0.4, -0.2) is 26.4 Å². The number of alkyl halides is 2. The fraction of sp³-hybridized carbons (Fsp3) is 0.182. The Labute approximate surface area is 190 Å². The van der Waals surface area contributed by atoms with Crippen LogP contribution >= 0.6 is 23.1 Å². The highest BCUT2D eigenvalue weighted by Gasteiger charge is 2.25. The molecule has 0 unspecified atom stereocenters. The topological polar surface area (TPSA) is 68.1 Å². The smallest absolute Gasteiger partial charge is 0.268 e. The van der Waals surface area contributed by atoms with Crippen molar-refractivity contribution in [2.75, 3.05) is 4.90 Å². The molecular formula is C22H18F2N4O2S2. The van der Waals surface area contributed by atoms with Crippen molar-refractivity contribution < 1.29 is 13.6 Å². The molecule has 0 spiro atoms. The number of hydrogen-bond donors (Lipinski definition) is 0. The predicted molar refractivity (Wildman–Crippen MR) is 123 cm³/mol. The number of aromatic nitrogens is 3. The summed E-state index contributed by atoms with van der Waals surface area (Å²) in [5, 5.41) is 4.65. The second-order valence-electron chi connectivity index (χ2n) is 6.76. The van der Waals surface area contributed by atoms with Crippen LogP contribution in [0.2, 0.25) is 0 Å². The zero-order valence-corrected chi connectivity index (χ0v) is 18.6. The van der Waals surface area contributed by atoms with E-state index in [1.54, 1.807) is 12.1 Å². The van der Waals surface area contributed by atoms with Gasteiger partial charge in [0.25, 0.3) is 17.2 Å². The number of aryl methyl sites for hydroxylation is 1. The molecule has 0 fully saturated rings. The van der Waals surface area contributed by atoms with Gasteiger partial charge in [-0.05, 0) is 48.9 Å². The monoisotopic (exact) mass is 472 g/mol. The molecule has 0 bridgehead atoms. The summed E-state index contributed by atoms with van der Waals surface area (Å²) in [6.07, 6.45) is 0.690. The molecule has 1 amide bonds. The van der Waals surface area contributed by atoms with Crippen LogP contribution in [0.4, 0.5) is 19.6 Å². The molecule has 10 heteroatoms. The van der Waals surface area contributed by atoms with Crippen molar-refractivity contribution in [1.82, 2.24) is 14.8 Å². The number of amides is 1. The number of anilines is 2. The van der Waals surface area contributed by atoms with Gasteiger partial charge in [0.15, 0.2) is 5.13 Å². The molecule has 4 rings (SSSR count). The van der Waals surface area contributed by atoms with Crippen LogP contribution < -0.4 is 10.5 Å². The van der Waals surface area contributed by atoms with Gasteiger partial charge < -0.3 is 0 Å². The van der Waals surface area contributed by atoms with E-state index in [1.165, 1.54) is 45.2 Å². The second-order valence-corrected chi connectivity index (χ2v) is 8.83. The third-order valence-corrected chi connectivity index (χ3v) is 6.26. The Bertz CT molecular complexity index is 1270. The summed E-state index contributed by atoms with van der Waals surface area (Å²) in [4.78, 5) is 31.9. The van der Waals surface area contributed by atoms with E-state index in [4.69, 9.17) is 0 Å². The number of benzene rings is 2. The fourth-order valence-electron chi connectivity index (χ4n) is 3.10. The highest BCUT2D eigenvalue weighted by atomic mass is 32.2. The zero-order chi connectivity index (χ0) is 22.7. The van der Waals surface area contributed by atoms with E-state index < -0.39 is 11.7 Å². The SMILES string of the molecule is CCCn1nc(C(=O)N(c2ccc(SC(F)F)cc2)c2nc3ccccc3s2)ccc1=O. The summed E-state index contributed by atoms with van der Waals surface area (Å²) >= 11 is 1.76. The number of rotatable bonds is 7. The van der Waals surface area contributed by atoms with E-state index in [0.717, 1.165) is 10.2 Å². The predicted octanol–water partition coefficient (Wildman–Crippen LogP) is 5.56. The van der Waals surface area contributed by atoms with Crippen LogP contribution in [0.5, 0.6) is 0 Å². The molecule has 2 heterocycles. The molecule has 164 valence electrons. The van der Waals surface area contributed by atoms with E-state index in [9.17, 15) is 18.4 Å². The molecule has 0 aliphatic carbocycles. The van der Waals surface area contributed by atoms with Gasteiger partial charge in [0, 0.05) is 17.5 Å². The van der Waals surface area contributed by atoms with E-state index in [2.05, 4.69) is 10.1 Å². The van der Waals surface area contributed by atoms with Crippen molar-refractivity contribution in [2.24, 2.45) is 0 Å². The minimum atomic E-state index is -2.54. The first-order chi connectivity index (χ1) is 15.5. The number of nitrogens with zero attached hydrogens (tertiary/aromatic N) is 4. The normalized spacial score (nSPS) is 11.2. The molecule has 0 saturated carbocycles. The van der Waals surface area contributed by atoms with Crippen LogP contribution in [0, 0.1) is 0 Å². The Morgan fingerprint density at radius 3 is 2.56 bits per heavy atom. The summed E-state index contributed by atoms with van der Waals surface area (Å²) in [6, 6.07) is 16.4. The Morgan fingerprint density at radius 1 is 1.12 bits per heavy atom. The van der Waals surface area contributed by atoms with Crippen molar-refractivity contribution in [3.8, 4) is 0 Å². The van der Waals surface area contributed by atoms with Crippen molar-refractivity contribution in [3.63, 3.8) is 0 Å². The minimum absolute atomic E-state index is 0.0864. The van der Waals surface area contributed by atoms with E-state index in [-0.39, 0.29) is 11.3 Å². The van der Waals surface area contributed by atoms with Gasteiger partial charge in [0.1, 0.15) is 5.69 Å². The quantitative estimate of drug-likeness (QED) is 0.330. The summed E-state index contributed by atoms with van der Waals surface area (Å²) in [7, 11) is 0. The maximum atomic E-state index is 13.5. The highest BCUT2D eigenvalue weighted by Crippen LogP contribution is 2.35. The van der Waals surface area contributed by atoms with Crippen LogP contribution in [0.1, 0.15) is 23.8 Å². The molecule has 0 aliphatic heterocycles. The molecule has 0 aliphatic rings. The standard InChI is InChI=1S/C22H18F2N4O2S2/c1-2-13-27-19(29)12-11-17(26-27)20(30)28(14-7-9-15(10-8-14)31-21(23)24)22-25-16-5-3-4-6-18(16)32-22/h3-12,21H,2,13H2,1H3. The number of halogens is 2. The lowest BCUT2D eigenvalue weighted by Gasteiger charge is -2.20.